The van der Waals surface area contributed by atoms with Gasteiger partial charge in [-0.25, -0.2) is 17.4 Å². The largest absolute Gasteiger partial charge is 0.573 e. The molecule has 182 valence electrons. The number of halogens is 3. The highest BCUT2D eigenvalue weighted by molar-refractivity contribution is 8.00. The third-order valence-corrected chi connectivity index (χ3v) is 7.53. The number of carbonyl (C=O) groups is 1. The molecule has 0 unspecified atom stereocenters. The highest BCUT2D eigenvalue weighted by Gasteiger charge is 2.31. The number of anilines is 1. The Morgan fingerprint density at radius 2 is 1.69 bits per heavy atom. The van der Waals surface area contributed by atoms with Gasteiger partial charge in [-0.2, -0.15) is 0 Å². The van der Waals surface area contributed by atoms with Crippen LogP contribution >= 0.6 is 11.8 Å². The molecule has 1 heterocycles. The normalized spacial score (nSPS) is 12.0. The van der Waals surface area contributed by atoms with Gasteiger partial charge in [0.25, 0.3) is 10.0 Å². The van der Waals surface area contributed by atoms with Crippen molar-refractivity contribution in [2.45, 2.75) is 23.3 Å². The van der Waals surface area contributed by atoms with Gasteiger partial charge in [-0.15, -0.1) is 13.2 Å². The standard InChI is InChI=1S/C23H18F3N3O4S2/c1-15-6-12-18(13-7-15)35(31,32)29-20-5-3-2-4-19(20)28-22(29)34-14-21(30)27-16-8-10-17(11-9-16)33-23(24,25)26/h2-13H,14H2,1H3,(H,27,30). The van der Waals surface area contributed by atoms with Crippen LogP contribution in [0.5, 0.6) is 5.75 Å². The summed E-state index contributed by atoms with van der Waals surface area (Å²) in [5.74, 6) is -1.10. The molecule has 0 aliphatic rings. The maximum absolute atomic E-state index is 13.4. The summed E-state index contributed by atoms with van der Waals surface area (Å²) >= 11 is 0.923. The average Bonchev–Trinajstić information content (AvgIpc) is 3.18. The lowest BCUT2D eigenvalue weighted by atomic mass is 10.2. The summed E-state index contributed by atoms with van der Waals surface area (Å²) in [6.07, 6.45) is -4.81. The molecule has 0 bridgehead atoms. The summed E-state index contributed by atoms with van der Waals surface area (Å²) in [6, 6.07) is 17.8. The first-order valence-electron chi connectivity index (χ1n) is 10.1. The van der Waals surface area contributed by atoms with Crippen LogP contribution in [0.1, 0.15) is 5.56 Å². The second-order valence-corrected chi connectivity index (χ2v) is 10.1. The van der Waals surface area contributed by atoms with Gasteiger partial charge in [0.2, 0.25) is 5.91 Å². The Morgan fingerprint density at radius 3 is 2.34 bits per heavy atom. The molecule has 4 aromatic rings. The van der Waals surface area contributed by atoms with Crippen LogP contribution in [0.15, 0.2) is 82.8 Å². The van der Waals surface area contributed by atoms with E-state index in [4.69, 9.17) is 0 Å². The molecule has 35 heavy (non-hydrogen) atoms. The number of alkyl halides is 3. The lowest BCUT2D eigenvalue weighted by Crippen LogP contribution is -2.18. The number of aryl methyl sites for hydroxylation is 1. The van der Waals surface area contributed by atoms with Crippen molar-refractivity contribution in [2.75, 3.05) is 11.1 Å². The predicted molar refractivity (Wildman–Crippen MR) is 126 cm³/mol. The smallest absolute Gasteiger partial charge is 0.406 e. The van der Waals surface area contributed by atoms with Gasteiger partial charge in [-0.3, -0.25) is 4.79 Å². The van der Waals surface area contributed by atoms with Crippen LogP contribution in [-0.2, 0) is 14.8 Å². The minimum absolute atomic E-state index is 0.0821. The molecule has 0 saturated heterocycles. The molecule has 0 aliphatic carbocycles. The number of thioether (sulfide) groups is 1. The van der Waals surface area contributed by atoms with E-state index < -0.39 is 28.0 Å². The van der Waals surface area contributed by atoms with Gasteiger partial charge in [0.15, 0.2) is 5.16 Å². The zero-order valence-corrected chi connectivity index (χ0v) is 19.7. The Kier molecular flexibility index (Phi) is 6.77. The maximum Gasteiger partial charge on any atom is 0.573 e. The van der Waals surface area contributed by atoms with Crippen molar-refractivity contribution in [3.05, 3.63) is 78.4 Å². The quantitative estimate of drug-likeness (QED) is 0.336. The number of amides is 1. The SMILES string of the molecule is Cc1ccc(S(=O)(=O)n2c(SCC(=O)Nc3ccc(OC(F)(F)F)cc3)nc3ccccc32)cc1. The summed E-state index contributed by atoms with van der Waals surface area (Å²) in [7, 11) is -4.00. The van der Waals surface area contributed by atoms with Gasteiger partial charge in [-0.1, -0.05) is 41.6 Å². The number of hydrogen-bond donors (Lipinski definition) is 1. The topological polar surface area (TPSA) is 90.3 Å². The predicted octanol–water partition coefficient (Wildman–Crippen LogP) is 5.21. The number of para-hydroxylation sites is 2. The van der Waals surface area contributed by atoms with Gasteiger partial charge < -0.3 is 10.1 Å². The molecule has 0 saturated carbocycles. The summed E-state index contributed by atoms with van der Waals surface area (Å²) in [6.45, 7) is 1.85. The van der Waals surface area contributed by atoms with E-state index in [1.165, 1.54) is 24.3 Å². The number of aromatic nitrogens is 2. The van der Waals surface area contributed by atoms with E-state index in [9.17, 15) is 26.4 Å². The van der Waals surface area contributed by atoms with Gasteiger partial charge in [-0.05, 0) is 55.5 Å². The minimum atomic E-state index is -4.81. The van der Waals surface area contributed by atoms with E-state index in [1.807, 2.05) is 6.92 Å². The molecular formula is C23H18F3N3O4S2. The number of imidazole rings is 1. The van der Waals surface area contributed by atoms with Crippen molar-refractivity contribution in [3.63, 3.8) is 0 Å². The van der Waals surface area contributed by atoms with Crippen molar-refractivity contribution >= 4 is 44.4 Å². The van der Waals surface area contributed by atoms with Crippen LogP contribution in [0.4, 0.5) is 18.9 Å². The van der Waals surface area contributed by atoms with Crippen molar-refractivity contribution in [1.82, 2.24) is 8.96 Å². The lowest BCUT2D eigenvalue weighted by molar-refractivity contribution is -0.274. The van der Waals surface area contributed by atoms with Crippen LogP contribution in [-0.4, -0.2) is 35.4 Å². The van der Waals surface area contributed by atoms with E-state index in [0.717, 1.165) is 33.4 Å². The lowest BCUT2D eigenvalue weighted by Gasteiger charge is -2.11. The molecule has 0 radical (unpaired) electrons. The van der Waals surface area contributed by atoms with E-state index >= 15 is 0 Å². The Bertz CT molecular complexity index is 1470. The fourth-order valence-corrected chi connectivity index (χ4v) is 5.70. The number of benzene rings is 3. The third kappa shape index (κ3) is 5.77. The van der Waals surface area contributed by atoms with Gasteiger partial charge >= 0.3 is 6.36 Å². The van der Waals surface area contributed by atoms with Crippen LogP contribution in [0, 0.1) is 6.92 Å². The van der Waals surface area contributed by atoms with Crippen LogP contribution in [0.3, 0.4) is 0 Å². The molecule has 4 rings (SSSR count). The molecule has 7 nitrogen and oxygen atoms in total. The molecule has 1 N–H and O–H groups in total. The van der Waals surface area contributed by atoms with Crippen molar-refractivity contribution in [1.29, 1.82) is 0 Å². The van der Waals surface area contributed by atoms with E-state index in [1.54, 1.807) is 36.4 Å². The highest BCUT2D eigenvalue weighted by Crippen LogP contribution is 2.29. The molecule has 12 heteroatoms. The summed E-state index contributed by atoms with van der Waals surface area (Å²) in [5, 5.41) is 2.66. The molecule has 0 spiro atoms. The molecular weight excluding hydrogens is 503 g/mol. The fourth-order valence-electron chi connectivity index (χ4n) is 3.19. The van der Waals surface area contributed by atoms with Crippen LogP contribution < -0.4 is 10.1 Å². The first-order valence-corrected chi connectivity index (χ1v) is 12.5. The van der Waals surface area contributed by atoms with Crippen molar-refractivity contribution in [2.24, 2.45) is 0 Å². The molecule has 0 aliphatic heterocycles. The molecule has 0 fully saturated rings. The van der Waals surface area contributed by atoms with Crippen LogP contribution in [0.2, 0.25) is 0 Å². The number of fused-ring (bicyclic) bond motifs is 1. The Hall–Kier alpha value is -3.51. The van der Waals surface area contributed by atoms with Crippen molar-refractivity contribution in [3.8, 4) is 5.75 Å². The van der Waals surface area contributed by atoms with Gasteiger partial charge in [0.05, 0.1) is 21.7 Å². The van der Waals surface area contributed by atoms with Crippen molar-refractivity contribution < 1.29 is 31.1 Å². The first-order chi connectivity index (χ1) is 16.5. The van der Waals surface area contributed by atoms with Crippen LogP contribution in [0.25, 0.3) is 11.0 Å². The van der Waals surface area contributed by atoms with Gasteiger partial charge in [0.1, 0.15) is 5.75 Å². The Balaban J connectivity index is 1.54. The second kappa shape index (κ2) is 9.62. The number of hydrogen-bond acceptors (Lipinski definition) is 6. The van der Waals surface area contributed by atoms with Gasteiger partial charge in [0, 0.05) is 5.69 Å². The minimum Gasteiger partial charge on any atom is -0.406 e. The third-order valence-electron chi connectivity index (χ3n) is 4.75. The fraction of sp³-hybridized carbons (Fsp3) is 0.130. The summed E-state index contributed by atoms with van der Waals surface area (Å²) in [4.78, 5) is 16.9. The maximum atomic E-state index is 13.4. The highest BCUT2D eigenvalue weighted by atomic mass is 32.2. The molecule has 1 amide bonds. The van der Waals surface area contributed by atoms with E-state index in [-0.39, 0.29) is 21.5 Å². The second-order valence-electron chi connectivity index (χ2n) is 7.37. The Morgan fingerprint density at radius 1 is 1.03 bits per heavy atom. The molecule has 3 aromatic carbocycles. The number of ether oxygens (including phenoxy) is 1. The van der Waals surface area contributed by atoms with E-state index in [0.29, 0.717) is 11.0 Å². The first kappa shape index (κ1) is 24.6. The number of rotatable bonds is 7. The monoisotopic (exact) mass is 521 g/mol. The summed E-state index contributed by atoms with van der Waals surface area (Å²) in [5.41, 5.74) is 1.98. The number of nitrogens with zero attached hydrogens (tertiary/aromatic N) is 2. The molecule has 0 atom stereocenters. The Labute approximate surface area is 203 Å². The zero-order chi connectivity index (χ0) is 25.2. The average molecular weight is 522 g/mol. The summed E-state index contributed by atoms with van der Waals surface area (Å²) < 4.78 is 68.6. The zero-order valence-electron chi connectivity index (χ0n) is 18.1. The number of nitrogens with one attached hydrogen (secondary N) is 1. The van der Waals surface area contributed by atoms with E-state index in [2.05, 4.69) is 15.0 Å². The number of carbonyl (C=O) groups excluding carboxylic acids is 1. The molecule has 1 aromatic heterocycles.